The molecule has 1 fully saturated rings. The van der Waals surface area contributed by atoms with Gasteiger partial charge in [0.2, 0.25) is 0 Å². The predicted octanol–water partition coefficient (Wildman–Crippen LogP) is 0.545. The van der Waals surface area contributed by atoms with Gasteiger partial charge in [-0.15, -0.1) is 12.6 Å². The van der Waals surface area contributed by atoms with Gasteiger partial charge >= 0.3 is 0 Å². The van der Waals surface area contributed by atoms with Gasteiger partial charge in [-0.05, 0) is 19.8 Å². The molecule has 1 rings (SSSR count). The Bertz CT molecular complexity index is 203. The Morgan fingerprint density at radius 3 is 2.77 bits per heavy atom. The van der Waals surface area contributed by atoms with Crippen LogP contribution in [0.3, 0.4) is 0 Å². The molecular weight excluding hydrogens is 206 g/mol. The molecule has 13 heavy (non-hydrogen) atoms. The fourth-order valence-electron chi connectivity index (χ4n) is 1.44. The molecule has 0 aliphatic carbocycles. The highest BCUT2D eigenvalue weighted by Crippen LogP contribution is 2.19. The van der Waals surface area contributed by atoms with Crippen LogP contribution in [0.2, 0.25) is 0 Å². The van der Waals surface area contributed by atoms with Crippen molar-refractivity contribution in [3.8, 4) is 0 Å². The van der Waals surface area contributed by atoms with Crippen LogP contribution in [-0.4, -0.2) is 39.2 Å². The van der Waals surface area contributed by atoms with Gasteiger partial charge in [0, 0.05) is 18.3 Å². The Balaban J connectivity index is 2.56. The van der Waals surface area contributed by atoms with Crippen molar-refractivity contribution in [1.82, 2.24) is 4.90 Å². The molecule has 1 aliphatic heterocycles. The van der Waals surface area contributed by atoms with Gasteiger partial charge in [-0.1, -0.05) is 0 Å². The third kappa shape index (κ3) is 3.07. The summed E-state index contributed by atoms with van der Waals surface area (Å²) in [4.78, 5) is 11.6. The van der Waals surface area contributed by atoms with Gasteiger partial charge in [-0.3, -0.25) is 4.79 Å². The van der Waals surface area contributed by atoms with E-state index in [-0.39, 0.29) is 11.2 Å². The number of amides is 1. The number of nitrogens with zero attached hydrogens (tertiary/aromatic N) is 1. The van der Waals surface area contributed by atoms with Crippen molar-refractivity contribution in [1.29, 1.82) is 0 Å². The number of piperidine rings is 1. The molecule has 0 radical (unpaired) electrons. The molecule has 76 valence electrons. The van der Waals surface area contributed by atoms with Crippen LogP contribution >= 0.6 is 25.3 Å². The lowest BCUT2D eigenvalue weighted by atomic mass is 10.1. The summed E-state index contributed by atoms with van der Waals surface area (Å²) in [5, 5.41) is 9.60. The molecule has 1 amide bonds. The minimum Gasteiger partial charge on any atom is -0.371 e. The zero-order chi connectivity index (χ0) is 10.1. The molecule has 1 heterocycles. The van der Waals surface area contributed by atoms with Gasteiger partial charge in [0.15, 0.2) is 4.93 Å². The maximum Gasteiger partial charge on any atom is 0.264 e. The van der Waals surface area contributed by atoms with Gasteiger partial charge in [0.05, 0.1) is 0 Å². The van der Waals surface area contributed by atoms with Crippen LogP contribution in [0.4, 0.5) is 0 Å². The molecule has 2 atom stereocenters. The Morgan fingerprint density at radius 1 is 1.69 bits per heavy atom. The lowest BCUT2D eigenvalue weighted by Crippen LogP contribution is -2.48. The lowest BCUT2D eigenvalue weighted by Gasteiger charge is -2.33. The van der Waals surface area contributed by atoms with E-state index in [2.05, 4.69) is 25.3 Å². The third-order valence-electron chi connectivity index (χ3n) is 2.09. The molecule has 0 aromatic carbocycles. The fraction of sp³-hybridized carbons (Fsp3) is 0.875. The molecule has 0 bridgehead atoms. The second-order valence-electron chi connectivity index (χ2n) is 3.57. The quantitative estimate of drug-likeness (QED) is 0.447. The number of likely N-dealkylation sites (tertiary alicyclic amines) is 1. The van der Waals surface area contributed by atoms with E-state index in [9.17, 15) is 9.90 Å². The maximum absolute atomic E-state index is 11.5. The van der Waals surface area contributed by atoms with Crippen molar-refractivity contribution in [3.63, 3.8) is 0 Å². The number of thiol groups is 2. The van der Waals surface area contributed by atoms with Crippen LogP contribution in [0.25, 0.3) is 0 Å². The molecule has 0 spiro atoms. The van der Waals surface area contributed by atoms with Crippen molar-refractivity contribution >= 4 is 31.2 Å². The largest absolute Gasteiger partial charge is 0.371 e. The highest BCUT2D eigenvalue weighted by molar-refractivity contribution is 7.82. The average Bonchev–Trinajstić information content (AvgIpc) is 2.01. The predicted molar refractivity (Wildman–Crippen MR) is 58.2 cm³/mol. The van der Waals surface area contributed by atoms with E-state index in [4.69, 9.17) is 0 Å². The summed E-state index contributed by atoms with van der Waals surface area (Å²) >= 11 is 8.14. The number of hydrogen-bond acceptors (Lipinski definition) is 4. The minimum absolute atomic E-state index is 0.230. The van der Waals surface area contributed by atoms with Gasteiger partial charge in [0.25, 0.3) is 5.91 Å². The first-order valence-electron chi connectivity index (χ1n) is 4.33. The molecule has 2 unspecified atom stereocenters. The van der Waals surface area contributed by atoms with E-state index in [1.807, 2.05) is 0 Å². The Kier molecular flexibility index (Phi) is 3.54. The van der Waals surface area contributed by atoms with E-state index in [1.165, 1.54) is 6.92 Å². The summed E-state index contributed by atoms with van der Waals surface area (Å²) in [7, 11) is 0. The number of rotatable bonds is 1. The molecule has 0 saturated carbocycles. The van der Waals surface area contributed by atoms with Crippen LogP contribution in [0, 0.1) is 0 Å². The minimum atomic E-state index is -1.55. The summed E-state index contributed by atoms with van der Waals surface area (Å²) in [6.07, 6.45) is 1.98. The number of carbonyl (C=O) groups is 1. The van der Waals surface area contributed by atoms with Gasteiger partial charge in [-0.2, -0.15) is 12.6 Å². The smallest absolute Gasteiger partial charge is 0.264 e. The van der Waals surface area contributed by atoms with Crippen molar-refractivity contribution in [2.75, 3.05) is 13.1 Å². The molecule has 5 heteroatoms. The monoisotopic (exact) mass is 221 g/mol. The Labute approximate surface area is 89.3 Å². The third-order valence-corrected chi connectivity index (χ3v) is 2.70. The van der Waals surface area contributed by atoms with E-state index in [1.54, 1.807) is 4.90 Å². The molecule has 0 aromatic rings. The first-order valence-corrected chi connectivity index (χ1v) is 5.30. The second-order valence-corrected chi connectivity index (χ2v) is 5.17. The van der Waals surface area contributed by atoms with Gasteiger partial charge < -0.3 is 10.0 Å². The summed E-state index contributed by atoms with van der Waals surface area (Å²) in [6.45, 7) is 2.70. The van der Waals surface area contributed by atoms with Crippen molar-refractivity contribution in [2.45, 2.75) is 29.9 Å². The van der Waals surface area contributed by atoms with E-state index >= 15 is 0 Å². The van der Waals surface area contributed by atoms with Crippen molar-refractivity contribution in [3.05, 3.63) is 0 Å². The van der Waals surface area contributed by atoms with E-state index in [0.717, 1.165) is 12.8 Å². The standard InChI is InChI=1S/C8H15NO2S2/c1-8(11,13)7(10)9-4-2-3-6(12)5-9/h6,11-13H,2-5H2,1H3. The molecule has 3 nitrogen and oxygen atoms in total. The van der Waals surface area contributed by atoms with Crippen LogP contribution < -0.4 is 0 Å². The molecular formula is C8H15NO2S2. The fourth-order valence-corrected chi connectivity index (χ4v) is 1.96. The van der Waals surface area contributed by atoms with Crippen LogP contribution in [0.1, 0.15) is 19.8 Å². The zero-order valence-corrected chi connectivity index (χ0v) is 9.39. The number of hydrogen-bond donors (Lipinski definition) is 3. The van der Waals surface area contributed by atoms with Gasteiger partial charge in [-0.25, -0.2) is 0 Å². The second kappa shape index (κ2) is 4.11. The molecule has 1 aliphatic rings. The molecule has 1 saturated heterocycles. The van der Waals surface area contributed by atoms with Crippen molar-refractivity contribution in [2.24, 2.45) is 0 Å². The summed E-state index contributed by atoms with van der Waals surface area (Å²) < 4.78 is 0. The average molecular weight is 221 g/mol. The highest BCUT2D eigenvalue weighted by atomic mass is 32.1. The Morgan fingerprint density at radius 2 is 2.31 bits per heavy atom. The van der Waals surface area contributed by atoms with Crippen LogP contribution in [0.15, 0.2) is 0 Å². The number of carbonyl (C=O) groups excluding carboxylic acids is 1. The van der Waals surface area contributed by atoms with E-state index in [0.29, 0.717) is 13.1 Å². The first-order chi connectivity index (χ1) is 5.91. The zero-order valence-electron chi connectivity index (χ0n) is 7.60. The van der Waals surface area contributed by atoms with Crippen LogP contribution in [0.5, 0.6) is 0 Å². The van der Waals surface area contributed by atoms with E-state index < -0.39 is 4.93 Å². The molecule has 0 aromatic heterocycles. The number of aliphatic hydroxyl groups is 1. The SMILES string of the molecule is CC(O)(S)C(=O)N1CCCC(S)C1. The Hall–Kier alpha value is 0.130. The highest BCUT2D eigenvalue weighted by Gasteiger charge is 2.32. The summed E-state index contributed by atoms with van der Waals surface area (Å²) in [5.41, 5.74) is 0. The topological polar surface area (TPSA) is 40.5 Å². The van der Waals surface area contributed by atoms with Crippen LogP contribution in [-0.2, 0) is 4.79 Å². The van der Waals surface area contributed by atoms with Crippen molar-refractivity contribution < 1.29 is 9.90 Å². The molecule has 1 N–H and O–H groups in total. The van der Waals surface area contributed by atoms with Gasteiger partial charge in [0.1, 0.15) is 0 Å². The summed E-state index contributed by atoms with van der Waals surface area (Å²) in [5.74, 6) is -0.324. The first kappa shape index (κ1) is 11.2. The lowest BCUT2D eigenvalue weighted by molar-refractivity contribution is -0.142. The normalized spacial score (nSPS) is 28.3. The maximum atomic E-state index is 11.5. The summed E-state index contributed by atoms with van der Waals surface area (Å²) in [6, 6.07) is 0.